The summed E-state index contributed by atoms with van der Waals surface area (Å²) in [6.07, 6.45) is 0. The lowest BCUT2D eigenvalue weighted by Crippen LogP contribution is -2.40. The Bertz CT molecular complexity index is 710. The van der Waals surface area contributed by atoms with Crippen LogP contribution >= 0.6 is 0 Å². The smallest absolute Gasteiger partial charge is 0.254 e. The Morgan fingerprint density at radius 1 is 0.958 bits per heavy atom. The second kappa shape index (κ2) is 7.75. The number of nitrogens with one attached hydrogen (secondary N) is 1. The maximum atomic E-state index is 12.5. The molecule has 5 heteroatoms. The highest BCUT2D eigenvalue weighted by Crippen LogP contribution is 2.11. The van der Waals surface area contributed by atoms with Gasteiger partial charge in [-0.15, -0.1) is 0 Å². The van der Waals surface area contributed by atoms with Crippen molar-refractivity contribution in [2.75, 3.05) is 26.3 Å². The zero-order valence-corrected chi connectivity index (χ0v) is 13.4. The van der Waals surface area contributed by atoms with Crippen LogP contribution in [-0.4, -0.2) is 43.0 Å². The first-order valence-electron chi connectivity index (χ1n) is 8.03. The van der Waals surface area contributed by atoms with Crippen LogP contribution in [-0.2, 0) is 11.3 Å². The molecule has 3 rings (SSSR count). The van der Waals surface area contributed by atoms with Crippen molar-refractivity contribution in [3.63, 3.8) is 0 Å². The van der Waals surface area contributed by atoms with E-state index in [2.05, 4.69) is 5.32 Å². The minimum atomic E-state index is -0.185. The van der Waals surface area contributed by atoms with E-state index in [4.69, 9.17) is 4.74 Å². The fraction of sp³-hybridized carbons (Fsp3) is 0.263. The number of rotatable bonds is 4. The van der Waals surface area contributed by atoms with Crippen molar-refractivity contribution >= 4 is 11.8 Å². The summed E-state index contributed by atoms with van der Waals surface area (Å²) in [5, 5.41) is 2.88. The lowest BCUT2D eigenvalue weighted by atomic mass is 10.1. The summed E-state index contributed by atoms with van der Waals surface area (Å²) in [6.45, 7) is 2.75. The van der Waals surface area contributed by atoms with Crippen molar-refractivity contribution in [3.05, 3.63) is 71.3 Å². The maximum absolute atomic E-state index is 12.5. The molecule has 1 aliphatic rings. The highest BCUT2D eigenvalue weighted by atomic mass is 16.5. The van der Waals surface area contributed by atoms with Crippen LogP contribution in [0.2, 0.25) is 0 Å². The van der Waals surface area contributed by atoms with Crippen LogP contribution in [0, 0.1) is 0 Å². The van der Waals surface area contributed by atoms with Crippen LogP contribution in [0.4, 0.5) is 0 Å². The predicted molar refractivity (Wildman–Crippen MR) is 90.8 cm³/mol. The summed E-state index contributed by atoms with van der Waals surface area (Å²) >= 11 is 0. The summed E-state index contributed by atoms with van der Waals surface area (Å²) in [5.41, 5.74) is 2.06. The third kappa shape index (κ3) is 4.00. The second-order valence-electron chi connectivity index (χ2n) is 5.65. The van der Waals surface area contributed by atoms with E-state index in [-0.39, 0.29) is 11.8 Å². The molecule has 2 aromatic rings. The number of hydrogen-bond donors (Lipinski definition) is 1. The topological polar surface area (TPSA) is 58.6 Å². The van der Waals surface area contributed by atoms with E-state index in [1.807, 2.05) is 30.3 Å². The lowest BCUT2D eigenvalue weighted by Gasteiger charge is -2.27. The van der Waals surface area contributed by atoms with E-state index in [0.717, 1.165) is 5.56 Å². The molecule has 1 saturated heterocycles. The lowest BCUT2D eigenvalue weighted by molar-refractivity contribution is 0.0303. The summed E-state index contributed by atoms with van der Waals surface area (Å²) in [6, 6.07) is 16.6. The predicted octanol–water partition coefficient (Wildman–Crippen LogP) is 2.09. The van der Waals surface area contributed by atoms with Crippen molar-refractivity contribution in [1.82, 2.24) is 10.2 Å². The monoisotopic (exact) mass is 324 g/mol. The Kier molecular flexibility index (Phi) is 5.23. The van der Waals surface area contributed by atoms with Gasteiger partial charge in [0.1, 0.15) is 0 Å². The highest BCUT2D eigenvalue weighted by molar-refractivity contribution is 5.99. The van der Waals surface area contributed by atoms with Crippen LogP contribution < -0.4 is 5.32 Å². The largest absolute Gasteiger partial charge is 0.378 e. The zero-order chi connectivity index (χ0) is 16.8. The van der Waals surface area contributed by atoms with Gasteiger partial charge in [-0.1, -0.05) is 36.4 Å². The standard InChI is InChI=1S/C19H20N2O3/c22-18(20-14-15-5-2-1-3-6-15)16-7-4-8-17(13-16)19(23)21-9-11-24-12-10-21/h1-8,13H,9-12,14H2,(H,20,22). The molecule has 0 atom stereocenters. The van der Waals surface area contributed by atoms with Crippen molar-refractivity contribution in [1.29, 1.82) is 0 Å². The van der Waals surface area contributed by atoms with E-state index >= 15 is 0 Å². The molecule has 0 saturated carbocycles. The molecule has 2 aromatic carbocycles. The fourth-order valence-corrected chi connectivity index (χ4v) is 2.62. The Morgan fingerprint density at radius 2 is 1.67 bits per heavy atom. The minimum absolute atomic E-state index is 0.0593. The summed E-state index contributed by atoms with van der Waals surface area (Å²) < 4.78 is 5.26. The van der Waals surface area contributed by atoms with Gasteiger partial charge in [-0.05, 0) is 23.8 Å². The molecule has 0 aromatic heterocycles. The Morgan fingerprint density at radius 3 is 2.42 bits per heavy atom. The van der Waals surface area contributed by atoms with Gasteiger partial charge < -0.3 is 15.0 Å². The van der Waals surface area contributed by atoms with Gasteiger partial charge in [0.2, 0.25) is 0 Å². The van der Waals surface area contributed by atoms with Crippen molar-refractivity contribution in [3.8, 4) is 0 Å². The molecule has 1 N–H and O–H groups in total. The molecule has 0 unspecified atom stereocenters. The van der Waals surface area contributed by atoms with E-state index in [9.17, 15) is 9.59 Å². The second-order valence-corrected chi connectivity index (χ2v) is 5.65. The van der Waals surface area contributed by atoms with Gasteiger partial charge in [0.15, 0.2) is 0 Å². The van der Waals surface area contributed by atoms with Gasteiger partial charge in [0.25, 0.3) is 11.8 Å². The molecule has 1 heterocycles. The number of carbonyl (C=O) groups excluding carboxylic acids is 2. The summed E-state index contributed by atoms with van der Waals surface area (Å²) in [5.74, 6) is -0.244. The summed E-state index contributed by atoms with van der Waals surface area (Å²) in [7, 11) is 0. The Hall–Kier alpha value is -2.66. The van der Waals surface area contributed by atoms with E-state index in [1.54, 1.807) is 29.2 Å². The summed E-state index contributed by atoms with van der Waals surface area (Å²) in [4.78, 5) is 26.6. The molecule has 0 aliphatic carbocycles. The molecule has 1 fully saturated rings. The normalized spacial score (nSPS) is 14.2. The van der Waals surface area contributed by atoms with Crippen LogP contribution in [0.5, 0.6) is 0 Å². The number of nitrogens with zero attached hydrogens (tertiary/aromatic N) is 1. The molecule has 124 valence electrons. The van der Waals surface area contributed by atoms with Crippen molar-refractivity contribution < 1.29 is 14.3 Å². The Labute approximate surface area is 141 Å². The average molecular weight is 324 g/mol. The molecule has 24 heavy (non-hydrogen) atoms. The van der Waals surface area contributed by atoms with Crippen molar-refractivity contribution in [2.24, 2.45) is 0 Å². The molecule has 5 nitrogen and oxygen atoms in total. The van der Waals surface area contributed by atoms with Gasteiger partial charge in [-0.2, -0.15) is 0 Å². The molecule has 0 bridgehead atoms. The van der Waals surface area contributed by atoms with Crippen LogP contribution in [0.1, 0.15) is 26.3 Å². The van der Waals surface area contributed by atoms with Crippen molar-refractivity contribution in [2.45, 2.75) is 6.54 Å². The third-order valence-corrected chi connectivity index (χ3v) is 3.97. The van der Waals surface area contributed by atoms with Gasteiger partial charge in [0.05, 0.1) is 13.2 Å². The first kappa shape index (κ1) is 16.2. The van der Waals surface area contributed by atoms with Crippen LogP contribution in [0.15, 0.2) is 54.6 Å². The zero-order valence-electron chi connectivity index (χ0n) is 13.4. The quantitative estimate of drug-likeness (QED) is 0.937. The number of morpholine rings is 1. The van der Waals surface area contributed by atoms with Gasteiger partial charge in [-0.25, -0.2) is 0 Å². The van der Waals surface area contributed by atoms with Crippen LogP contribution in [0.25, 0.3) is 0 Å². The number of ether oxygens (including phenoxy) is 1. The van der Waals surface area contributed by atoms with E-state index in [0.29, 0.717) is 44.0 Å². The fourth-order valence-electron chi connectivity index (χ4n) is 2.62. The molecule has 0 spiro atoms. The molecule has 2 amide bonds. The number of amides is 2. The SMILES string of the molecule is O=C(NCc1ccccc1)c1cccc(C(=O)N2CCOCC2)c1. The molecule has 1 aliphatic heterocycles. The molecular weight excluding hydrogens is 304 g/mol. The average Bonchev–Trinajstić information content (AvgIpc) is 2.67. The number of hydrogen-bond acceptors (Lipinski definition) is 3. The maximum Gasteiger partial charge on any atom is 0.254 e. The molecular formula is C19H20N2O3. The first-order chi connectivity index (χ1) is 11.7. The van der Waals surface area contributed by atoms with Gasteiger partial charge in [-0.3, -0.25) is 9.59 Å². The van der Waals surface area contributed by atoms with Gasteiger partial charge >= 0.3 is 0 Å². The van der Waals surface area contributed by atoms with E-state index in [1.165, 1.54) is 0 Å². The third-order valence-electron chi connectivity index (χ3n) is 3.97. The molecule has 0 radical (unpaired) electrons. The number of carbonyl (C=O) groups is 2. The first-order valence-corrected chi connectivity index (χ1v) is 8.03. The van der Waals surface area contributed by atoms with Gasteiger partial charge in [0, 0.05) is 30.8 Å². The highest BCUT2D eigenvalue weighted by Gasteiger charge is 2.19. The van der Waals surface area contributed by atoms with Crippen LogP contribution in [0.3, 0.4) is 0 Å². The van der Waals surface area contributed by atoms with E-state index < -0.39 is 0 Å². The minimum Gasteiger partial charge on any atom is -0.378 e. The number of benzene rings is 2. The Balaban J connectivity index is 1.65.